The summed E-state index contributed by atoms with van der Waals surface area (Å²) >= 11 is 3.32. The van der Waals surface area contributed by atoms with Crippen LogP contribution in [0.15, 0.2) is 16.6 Å². The monoisotopic (exact) mass is 328 g/mol. The lowest BCUT2D eigenvalue weighted by molar-refractivity contribution is -0.141. The molecule has 1 aromatic carbocycles. The van der Waals surface area contributed by atoms with Gasteiger partial charge < -0.3 is 14.6 Å². The van der Waals surface area contributed by atoms with E-state index in [0.29, 0.717) is 34.7 Å². The molecule has 19 heavy (non-hydrogen) atoms. The molecule has 1 heterocycles. The van der Waals surface area contributed by atoms with Crippen molar-refractivity contribution >= 4 is 27.7 Å². The number of carboxylic acid groups (broad SMARTS) is 1. The zero-order valence-electron chi connectivity index (χ0n) is 10.3. The van der Waals surface area contributed by atoms with E-state index in [1.165, 1.54) is 6.92 Å². The highest BCUT2D eigenvalue weighted by atomic mass is 79.9. The molecular formula is C13H13BrO5. The summed E-state index contributed by atoms with van der Waals surface area (Å²) in [4.78, 5) is 22.8. The maximum absolute atomic E-state index is 12.0. The topological polar surface area (TPSA) is 72.8 Å². The summed E-state index contributed by atoms with van der Waals surface area (Å²) in [6.45, 7) is 2.41. The molecule has 1 atom stereocenters. The predicted octanol–water partition coefficient (Wildman–Crippen LogP) is 2.51. The summed E-state index contributed by atoms with van der Waals surface area (Å²) in [5.74, 6) is -0.835. The van der Waals surface area contributed by atoms with Gasteiger partial charge in [0.15, 0.2) is 17.3 Å². The number of fused-ring (bicyclic) bond motifs is 1. The molecule has 1 aliphatic rings. The number of rotatable bonds is 4. The molecule has 0 saturated carbocycles. The van der Waals surface area contributed by atoms with Crippen LogP contribution in [0.1, 0.15) is 23.7 Å². The van der Waals surface area contributed by atoms with E-state index in [1.54, 1.807) is 12.1 Å². The summed E-state index contributed by atoms with van der Waals surface area (Å²) in [5.41, 5.74) is 0.421. The molecule has 1 N–H and O–H groups in total. The SMILES string of the molecule is CC(CC(=O)c1cc(Br)c2c(c1)OCCO2)C(=O)O. The lowest BCUT2D eigenvalue weighted by atomic mass is 9.99. The van der Waals surface area contributed by atoms with Crippen LogP contribution in [0.3, 0.4) is 0 Å². The van der Waals surface area contributed by atoms with Gasteiger partial charge in [0.2, 0.25) is 0 Å². The Bertz CT molecular complexity index is 526. The molecule has 0 radical (unpaired) electrons. The van der Waals surface area contributed by atoms with Gasteiger partial charge in [0.05, 0.1) is 10.4 Å². The Morgan fingerprint density at radius 2 is 2.05 bits per heavy atom. The number of carbonyl (C=O) groups is 2. The van der Waals surface area contributed by atoms with Gasteiger partial charge in [-0.3, -0.25) is 9.59 Å². The smallest absolute Gasteiger partial charge is 0.306 e. The maximum atomic E-state index is 12.0. The second kappa shape index (κ2) is 5.61. The third kappa shape index (κ3) is 3.07. The molecular weight excluding hydrogens is 316 g/mol. The zero-order chi connectivity index (χ0) is 14.0. The Balaban J connectivity index is 2.23. The quantitative estimate of drug-likeness (QED) is 0.860. The van der Waals surface area contributed by atoms with Crippen LogP contribution in [-0.2, 0) is 4.79 Å². The van der Waals surface area contributed by atoms with E-state index < -0.39 is 11.9 Å². The number of ether oxygens (including phenoxy) is 2. The summed E-state index contributed by atoms with van der Waals surface area (Å²) in [6.07, 6.45) is -0.0403. The summed E-state index contributed by atoms with van der Waals surface area (Å²) in [5, 5.41) is 8.82. The molecule has 1 aromatic rings. The van der Waals surface area contributed by atoms with Gasteiger partial charge in [0, 0.05) is 12.0 Å². The van der Waals surface area contributed by atoms with Crippen molar-refractivity contribution in [1.82, 2.24) is 0 Å². The largest absolute Gasteiger partial charge is 0.486 e. The normalized spacial score (nSPS) is 14.8. The number of Topliss-reactive ketones (excluding diaryl/α,β-unsaturated/α-hetero) is 1. The summed E-state index contributed by atoms with van der Waals surface area (Å²) in [7, 11) is 0. The van der Waals surface area contributed by atoms with Crippen molar-refractivity contribution in [1.29, 1.82) is 0 Å². The molecule has 102 valence electrons. The Labute approximate surface area is 118 Å². The highest BCUT2D eigenvalue weighted by Crippen LogP contribution is 2.38. The highest BCUT2D eigenvalue weighted by Gasteiger charge is 2.21. The van der Waals surface area contributed by atoms with Crippen LogP contribution in [0, 0.1) is 5.92 Å². The van der Waals surface area contributed by atoms with Gasteiger partial charge in [0.25, 0.3) is 0 Å². The number of aliphatic carboxylic acids is 1. The van der Waals surface area contributed by atoms with Crippen molar-refractivity contribution in [2.24, 2.45) is 5.92 Å². The van der Waals surface area contributed by atoms with Gasteiger partial charge in [-0.05, 0) is 28.1 Å². The first-order valence-corrected chi connectivity index (χ1v) is 6.63. The Hall–Kier alpha value is -1.56. The van der Waals surface area contributed by atoms with Crippen molar-refractivity contribution in [2.45, 2.75) is 13.3 Å². The first-order valence-electron chi connectivity index (χ1n) is 5.84. The molecule has 2 rings (SSSR count). The number of carbonyl (C=O) groups excluding carboxylic acids is 1. The molecule has 5 nitrogen and oxygen atoms in total. The van der Waals surface area contributed by atoms with E-state index in [4.69, 9.17) is 14.6 Å². The average molecular weight is 329 g/mol. The van der Waals surface area contributed by atoms with E-state index in [0.717, 1.165) is 0 Å². The van der Waals surface area contributed by atoms with E-state index >= 15 is 0 Å². The summed E-state index contributed by atoms with van der Waals surface area (Å²) in [6, 6.07) is 3.22. The first-order chi connectivity index (χ1) is 8.99. The number of ketones is 1. The molecule has 0 amide bonds. The van der Waals surface area contributed by atoms with Crippen molar-refractivity contribution in [3.05, 3.63) is 22.2 Å². The number of halogens is 1. The first kappa shape index (κ1) is 13.9. The van der Waals surface area contributed by atoms with Gasteiger partial charge in [0.1, 0.15) is 13.2 Å². The van der Waals surface area contributed by atoms with E-state index in [2.05, 4.69) is 15.9 Å². The fourth-order valence-corrected chi connectivity index (χ4v) is 2.31. The van der Waals surface area contributed by atoms with E-state index in [-0.39, 0.29) is 12.2 Å². The molecule has 0 aromatic heterocycles. The van der Waals surface area contributed by atoms with Gasteiger partial charge in [-0.2, -0.15) is 0 Å². The van der Waals surface area contributed by atoms with Crippen LogP contribution < -0.4 is 9.47 Å². The number of hydrogen-bond acceptors (Lipinski definition) is 4. The molecule has 0 aliphatic carbocycles. The fourth-order valence-electron chi connectivity index (χ4n) is 1.76. The van der Waals surface area contributed by atoms with Crippen LogP contribution in [0.4, 0.5) is 0 Å². The van der Waals surface area contributed by atoms with Crippen molar-refractivity contribution in [2.75, 3.05) is 13.2 Å². The molecule has 0 spiro atoms. The highest BCUT2D eigenvalue weighted by molar-refractivity contribution is 9.10. The lowest BCUT2D eigenvalue weighted by Gasteiger charge is -2.20. The minimum Gasteiger partial charge on any atom is -0.486 e. The zero-order valence-corrected chi connectivity index (χ0v) is 11.9. The van der Waals surface area contributed by atoms with Crippen molar-refractivity contribution < 1.29 is 24.2 Å². The Morgan fingerprint density at radius 1 is 1.37 bits per heavy atom. The van der Waals surface area contributed by atoms with Gasteiger partial charge in [-0.25, -0.2) is 0 Å². The third-order valence-electron chi connectivity index (χ3n) is 2.83. The average Bonchev–Trinajstić information content (AvgIpc) is 2.38. The Kier molecular flexibility index (Phi) is 4.09. The lowest BCUT2D eigenvalue weighted by Crippen LogP contribution is -2.17. The van der Waals surface area contributed by atoms with Gasteiger partial charge >= 0.3 is 5.97 Å². The van der Waals surface area contributed by atoms with Crippen LogP contribution in [-0.4, -0.2) is 30.1 Å². The maximum Gasteiger partial charge on any atom is 0.306 e. The van der Waals surface area contributed by atoms with Crippen molar-refractivity contribution in [3.8, 4) is 11.5 Å². The van der Waals surface area contributed by atoms with E-state index in [1.807, 2.05) is 0 Å². The minimum absolute atomic E-state index is 0.0403. The molecule has 1 aliphatic heterocycles. The number of benzene rings is 1. The number of carboxylic acids is 1. The second-order valence-electron chi connectivity index (χ2n) is 4.35. The van der Waals surface area contributed by atoms with Gasteiger partial charge in [-0.15, -0.1) is 0 Å². The molecule has 0 bridgehead atoms. The van der Waals surface area contributed by atoms with Crippen LogP contribution in [0.25, 0.3) is 0 Å². The third-order valence-corrected chi connectivity index (χ3v) is 3.42. The fraction of sp³-hybridized carbons (Fsp3) is 0.385. The molecule has 6 heteroatoms. The van der Waals surface area contributed by atoms with Gasteiger partial charge in [-0.1, -0.05) is 6.92 Å². The molecule has 1 unspecified atom stereocenters. The van der Waals surface area contributed by atoms with E-state index in [9.17, 15) is 9.59 Å². The minimum atomic E-state index is -0.982. The van der Waals surface area contributed by atoms with Crippen molar-refractivity contribution in [3.63, 3.8) is 0 Å². The molecule has 0 saturated heterocycles. The van der Waals surface area contributed by atoms with Crippen LogP contribution in [0.2, 0.25) is 0 Å². The molecule has 0 fully saturated rings. The van der Waals surface area contributed by atoms with Crippen LogP contribution >= 0.6 is 15.9 Å². The standard InChI is InChI=1S/C13H13BrO5/c1-7(13(16)17)4-10(15)8-5-9(14)12-11(6-8)18-2-3-19-12/h5-7H,2-4H2,1H3,(H,16,17). The number of hydrogen-bond donors (Lipinski definition) is 1. The van der Waals surface area contributed by atoms with Crippen LogP contribution in [0.5, 0.6) is 11.5 Å². The summed E-state index contributed by atoms with van der Waals surface area (Å²) < 4.78 is 11.5. The Morgan fingerprint density at radius 3 is 2.74 bits per heavy atom. The predicted molar refractivity (Wildman–Crippen MR) is 70.9 cm³/mol. The second-order valence-corrected chi connectivity index (χ2v) is 5.20.